The van der Waals surface area contributed by atoms with Gasteiger partial charge in [-0.05, 0) is 46.2 Å². The van der Waals surface area contributed by atoms with Gasteiger partial charge in [-0.2, -0.15) is 0 Å². The Kier molecular flexibility index (Phi) is 8.02. The molecule has 23 heavy (non-hydrogen) atoms. The zero-order chi connectivity index (χ0) is 17.5. The number of aliphatic hydroxyl groups is 1. The maximum absolute atomic E-state index is 12.2. The summed E-state index contributed by atoms with van der Waals surface area (Å²) in [5.41, 5.74) is -0.533. The van der Waals surface area contributed by atoms with Gasteiger partial charge in [-0.25, -0.2) is 4.79 Å². The number of hydrogen-bond acceptors (Lipinski definition) is 5. The van der Waals surface area contributed by atoms with E-state index in [9.17, 15) is 9.90 Å². The van der Waals surface area contributed by atoms with Crippen molar-refractivity contribution in [3.8, 4) is 0 Å². The molecule has 1 heterocycles. The van der Waals surface area contributed by atoms with Crippen molar-refractivity contribution in [2.24, 2.45) is 0 Å². The number of rotatable bonds is 8. The zero-order valence-electron chi connectivity index (χ0n) is 14.9. The summed E-state index contributed by atoms with van der Waals surface area (Å²) in [6.45, 7) is 11.6. The lowest BCUT2D eigenvalue weighted by Crippen LogP contribution is -2.43. The Labute approximate surface area is 143 Å². The molecule has 0 saturated heterocycles. The molecule has 0 saturated carbocycles. The normalized spacial score (nSPS) is 13.0. The second-order valence-electron chi connectivity index (χ2n) is 6.67. The van der Waals surface area contributed by atoms with E-state index in [2.05, 4.69) is 24.4 Å². The van der Waals surface area contributed by atoms with Crippen molar-refractivity contribution in [3.63, 3.8) is 0 Å². The van der Waals surface area contributed by atoms with Crippen LogP contribution in [0.1, 0.15) is 44.4 Å². The average Bonchev–Trinajstić information content (AvgIpc) is 2.87. The second kappa shape index (κ2) is 9.25. The molecule has 0 aliphatic heterocycles. The quantitative estimate of drug-likeness (QED) is 0.713. The smallest absolute Gasteiger partial charge is 0.410 e. The lowest BCUT2D eigenvalue weighted by molar-refractivity contribution is 0.0164. The minimum Gasteiger partial charge on any atom is -0.444 e. The first kappa shape index (κ1) is 19.9. The van der Waals surface area contributed by atoms with Crippen LogP contribution in [-0.4, -0.2) is 47.4 Å². The van der Waals surface area contributed by atoms with E-state index in [1.165, 1.54) is 9.75 Å². The average molecular weight is 343 g/mol. The summed E-state index contributed by atoms with van der Waals surface area (Å²) in [7, 11) is 0. The van der Waals surface area contributed by atoms with Crippen LogP contribution < -0.4 is 5.32 Å². The third-order valence-corrected chi connectivity index (χ3v) is 4.29. The summed E-state index contributed by atoms with van der Waals surface area (Å²) in [4.78, 5) is 16.4. The van der Waals surface area contributed by atoms with Crippen LogP contribution in [0.2, 0.25) is 0 Å². The van der Waals surface area contributed by atoms with Crippen molar-refractivity contribution >= 4 is 17.4 Å². The predicted octanol–water partition coefficient (Wildman–Crippen LogP) is 3.02. The minimum absolute atomic E-state index is 0.273. The van der Waals surface area contributed by atoms with Gasteiger partial charge < -0.3 is 20.1 Å². The topological polar surface area (TPSA) is 61.8 Å². The maximum atomic E-state index is 12.2. The third-order valence-electron chi connectivity index (χ3n) is 3.06. The van der Waals surface area contributed by atoms with Gasteiger partial charge >= 0.3 is 6.09 Å². The Morgan fingerprint density at radius 2 is 2.04 bits per heavy atom. The summed E-state index contributed by atoms with van der Waals surface area (Å²) < 4.78 is 5.38. The highest BCUT2D eigenvalue weighted by molar-refractivity contribution is 7.11. The fourth-order valence-corrected chi connectivity index (χ4v) is 2.96. The molecule has 0 aliphatic carbocycles. The van der Waals surface area contributed by atoms with Gasteiger partial charge in [0.15, 0.2) is 0 Å². The molecular weight excluding hydrogens is 312 g/mol. The van der Waals surface area contributed by atoms with E-state index in [-0.39, 0.29) is 12.6 Å². The molecule has 0 bridgehead atoms. The lowest BCUT2D eigenvalue weighted by atomic mass is 10.2. The number of carbonyl (C=O) groups is 1. The number of ether oxygens (including phenoxy) is 1. The monoisotopic (exact) mass is 342 g/mol. The fourth-order valence-electron chi connectivity index (χ4n) is 2.04. The van der Waals surface area contributed by atoms with Gasteiger partial charge in [-0.1, -0.05) is 6.92 Å². The van der Waals surface area contributed by atoms with Crippen molar-refractivity contribution in [3.05, 3.63) is 21.9 Å². The molecule has 2 N–H and O–H groups in total. The van der Waals surface area contributed by atoms with Gasteiger partial charge in [-0.3, -0.25) is 0 Å². The van der Waals surface area contributed by atoms with Crippen LogP contribution in [0.4, 0.5) is 4.79 Å². The molecule has 1 unspecified atom stereocenters. The number of amides is 1. The first-order chi connectivity index (χ1) is 10.7. The zero-order valence-corrected chi connectivity index (χ0v) is 15.7. The van der Waals surface area contributed by atoms with Gasteiger partial charge in [0.2, 0.25) is 0 Å². The number of nitrogens with one attached hydrogen (secondary N) is 1. The van der Waals surface area contributed by atoms with Gasteiger partial charge in [0.1, 0.15) is 5.60 Å². The number of nitrogens with zero attached hydrogens (tertiary/aromatic N) is 1. The number of aryl methyl sites for hydroxylation is 1. The van der Waals surface area contributed by atoms with Crippen molar-refractivity contribution in [1.29, 1.82) is 0 Å². The first-order valence-corrected chi connectivity index (χ1v) is 8.97. The Morgan fingerprint density at radius 1 is 1.39 bits per heavy atom. The van der Waals surface area contributed by atoms with Crippen LogP contribution in [0.15, 0.2) is 12.1 Å². The van der Waals surface area contributed by atoms with E-state index in [0.29, 0.717) is 13.1 Å². The van der Waals surface area contributed by atoms with E-state index in [0.717, 1.165) is 13.0 Å². The van der Waals surface area contributed by atoms with E-state index >= 15 is 0 Å². The Bertz CT molecular complexity index is 480. The van der Waals surface area contributed by atoms with Crippen LogP contribution in [0.3, 0.4) is 0 Å². The Hall–Kier alpha value is -1.11. The highest BCUT2D eigenvalue weighted by Gasteiger charge is 2.22. The van der Waals surface area contributed by atoms with Crippen molar-refractivity contribution in [2.45, 2.75) is 59.3 Å². The predicted molar refractivity (Wildman–Crippen MR) is 94.9 cm³/mol. The number of thiophene rings is 1. The lowest BCUT2D eigenvalue weighted by Gasteiger charge is -2.28. The van der Waals surface area contributed by atoms with E-state index < -0.39 is 11.7 Å². The largest absolute Gasteiger partial charge is 0.444 e. The Balaban J connectivity index is 2.42. The highest BCUT2D eigenvalue weighted by atomic mass is 32.1. The van der Waals surface area contributed by atoms with Gasteiger partial charge in [-0.15, -0.1) is 11.3 Å². The number of aliphatic hydroxyl groups excluding tert-OH is 1. The molecule has 0 fully saturated rings. The maximum Gasteiger partial charge on any atom is 0.410 e. The highest BCUT2D eigenvalue weighted by Crippen LogP contribution is 2.16. The third kappa shape index (κ3) is 8.34. The second-order valence-corrected chi connectivity index (χ2v) is 7.93. The van der Waals surface area contributed by atoms with Crippen LogP contribution in [0, 0.1) is 0 Å². The van der Waals surface area contributed by atoms with Gasteiger partial charge in [0.05, 0.1) is 6.10 Å². The summed E-state index contributed by atoms with van der Waals surface area (Å²) >= 11 is 1.81. The molecule has 1 atom stereocenters. The first-order valence-electron chi connectivity index (χ1n) is 8.15. The van der Waals surface area contributed by atoms with Crippen molar-refractivity contribution in [2.75, 3.05) is 19.6 Å². The van der Waals surface area contributed by atoms with Crippen LogP contribution in [-0.2, 0) is 17.7 Å². The van der Waals surface area contributed by atoms with Crippen LogP contribution in [0.5, 0.6) is 0 Å². The summed E-state index contributed by atoms with van der Waals surface area (Å²) in [5.74, 6) is 0. The van der Waals surface area contributed by atoms with E-state index in [4.69, 9.17) is 4.74 Å². The molecule has 132 valence electrons. The molecule has 1 aromatic rings. The van der Waals surface area contributed by atoms with E-state index in [1.54, 1.807) is 11.8 Å². The molecule has 1 amide bonds. The summed E-state index contributed by atoms with van der Waals surface area (Å²) in [6.07, 6.45) is 0.0994. The van der Waals surface area contributed by atoms with Crippen molar-refractivity contribution < 1.29 is 14.6 Å². The molecule has 0 aromatic carbocycles. The van der Waals surface area contributed by atoms with Crippen LogP contribution >= 0.6 is 11.3 Å². The van der Waals surface area contributed by atoms with Gasteiger partial charge in [0.25, 0.3) is 0 Å². The number of carbonyl (C=O) groups excluding carboxylic acids is 1. The molecular formula is C17H30N2O3S. The molecule has 1 aromatic heterocycles. The SMILES string of the molecule is CCc1ccc(CNCCN(CC(C)O)C(=O)OC(C)(C)C)s1. The Morgan fingerprint density at radius 3 is 2.57 bits per heavy atom. The molecule has 0 aliphatic rings. The van der Waals surface area contributed by atoms with Crippen LogP contribution in [0.25, 0.3) is 0 Å². The van der Waals surface area contributed by atoms with E-state index in [1.807, 2.05) is 32.1 Å². The molecule has 0 spiro atoms. The standard InChI is InChI=1S/C17H30N2O3S/c1-6-14-7-8-15(23-14)11-18-9-10-19(12-13(2)20)16(21)22-17(3,4)5/h7-8,13,18,20H,6,9-12H2,1-5H3. The fraction of sp³-hybridized carbons (Fsp3) is 0.706. The molecule has 5 nitrogen and oxygen atoms in total. The molecule has 1 rings (SSSR count). The molecule has 0 radical (unpaired) electrons. The molecule has 6 heteroatoms. The van der Waals surface area contributed by atoms with Gasteiger partial charge in [0, 0.05) is 35.9 Å². The summed E-state index contributed by atoms with van der Waals surface area (Å²) in [6, 6.07) is 4.29. The van der Waals surface area contributed by atoms with Crippen molar-refractivity contribution in [1.82, 2.24) is 10.2 Å². The minimum atomic E-state index is -0.577. The number of hydrogen-bond donors (Lipinski definition) is 2. The summed E-state index contributed by atoms with van der Waals surface area (Å²) in [5, 5.41) is 12.9.